The number of carbonyl (C=O) groups is 1. The van der Waals surface area contributed by atoms with Crippen LogP contribution in [0.5, 0.6) is 0 Å². The van der Waals surface area contributed by atoms with Crippen molar-refractivity contribution >= 4 is 17.5 Å². The van der Waals surface area contributed by atoms with Crippen molar-refractivity contribution in [2.75, 3.05) is 13.7 Å². The van der Waals surface area contributed by atoms with Gasteiger partial charge in [-0.3, -0.25) is 4.79 Å². The van der Waals surface area contributed by atoms with E-state index in [-0.39, 0.29) is 23.6 Å². The van der Waals surface area contributed by atoms with Crippen molar-refractivity contribution in [1.29, 1.82) is 0 Å². The van der Waals surface area contributed by atoms with Crippen molar-refractivity contribution in [2.24, 2.45) is 0 Å². The number of nitrogens with zero attached hydrogens (tertiary/aromatic N) is 3. The smallest absolute Gasteiger partial charge is 0.254 e. The molecule has 0 saturated carbocycles. The molecule has 1 amide bonds. The molecule has 1 aliphatic rings. The standard InChI is InChI=1S/C16H17ClFN3O3/c1-23-9-14-19-15(24-20-14)13-4-2-3-7-21(13)16(22)10-5-6-12(18)11(17)8-10/h5-6,8,13H,2-4,7,9H2,1H3. The maximum atomic E-state index is 13.3. The molecule has 6 nitrogen and oxygen atoms in total. The van der Waals surface area contributed by atoms with Gasteiger partial charge in [-0.05, 0) is 37.5 Å². The Morgan fingerprint density at radius 1 is 1.50 bits per heavy atom. The average Bonchev–Trinajstić information content (AvgIpc) is 3.05. The number of rotatable bonds is 4. The van der Waals surface area contributed by atoms with Gasteiger partial charge in [0, 0.05) is 19.2 Å². The Morgan fingerprint density at radius 3 is 3.08 bits per heavy atom. The highest BCUT2D eigenvalue weighted by Gasteiger charge is 2.32. The molecule has 0 bridgehead atoms. The second kappa shape index (κ2) is 7.27. The minimum atomic E-state index is -0.551. The first-order valence-electron chi connectivity index (χ1n) is 7.67. The minimum absolute atomic E-state index is 0.0745. The molecule has 0 aliphatic carbocycles. The number of methoxy groups -OCH3 is 1. The highest BCUT2D eigenvalue weighted by molar-refractivity contribution is 6.31. The van der Waals surface area contributed by atoms with E-state index in [0.29, 0.717) is 23.8 Å². The SMILES string of the molecule is COCc1noc(C2CCCCN2C(=O)c2ccc(F)c(Cl)c2)n1. The van der Waals surface area contributed by atoms with Gasteiger partial charge >= 0.3 is 0 Å². The van der Waals surface area contributed by atoms with Gasteiger partial charge in [-0.25, -0.2) is 4.39 Å². The van der Waals surface area contributed by atoms with Crippen LogP contribution in [0.2, 0.25) is 5.02 Å². The number of carbonyl (C=O) groups excluding carboxylic acids is 1. The van der Waals surface area contributed by atoms with Crippen LogP contribution in [0.4, 0.5) is 4.39 Å². The van der Waals surface area contributed by atoms with E-state index in [1.54, 1.807) is 12.0 Å². The van der Waals surface area contributed by atoms with Crippen molar-refractivity contribution in [3.05, 3.63) is 46.3 Å². The fourth-order valence-electron chi connectivity index (χ4n) is 2.82. The fraction of sp³-hybridized carbons (Fsp3) is 0.438. The first kappa shape index (κ1) is 16.9. The number of piperidine rings is 1. The molecule has 0 N–H and O–H groups in total. The highest BCUT2D eigenvalue weighted by Crippen LogP contribution is 2.31. The number of halogens is 2. The lowest BCUT2D eigenvalue weighted by Crippen LogP contribution is -2.38. The number of hydrogen-bond donors (Lipinski definition) is 0. The molecular weight excluding hydrogens is 337 g/mol. The maximum absolute atomic E-state index is 13.3. The number of aromatic nitrogens is 2. The largest absolute Gasteiger partial charge is 0.377 e. The molecule has 1 aromatic carbocycles. The van der Waals surface area contributed by atoms with Crippen LogP contribution in [0.1, 0.15) is 47.4 Å². The number of benzene rings is 1. The Morgan fingerprint density at radius 2 is 2.33 bits per heavy atom. The minimum Gasteiger partial charge on any atom is -0.377 e. The Labute approximate surface area is 143 Å². The van der Waals surface area contributed by atoms with Gasteiger partial charge in [0.15, 0.2) is 5.82 Å². The molecular formula is C16H17ClFN3O3. The van der Waals surface area contributed by atoms with Crippen LogP contribution in [0, 0.1) is 5.82 Å². The Balaban J connectivity index is 1.85. The van der Waals surface area contributed by atoms with Gasteiger partial charge in [-0.2, -0.15) is 4.98 Å². The van der Waals surface area contributed by atoms with Gasteiger partial charge in [0.2, 0.25) is 5.89 Å². The van der Waals surface area contributed by atoms with Gasteiger partial charge < -0.3 is 14.2 Å². The summed E-state index contributed by atoms with van der Waals surface area (Å²) in [7, 11) is 1.55. The molecule has 128 valence electrons. The predicted molar refractivity (Wildman–Crippen MR) is 84.0 cm³/mol. The van der Waals surface area contributed by atoms with E-state index < -0.39 is 5.82 Å². The highest BCUT2D eigenvalue weighted by atomic mass is 35.5. The van der Waals surface area contributed by atoms with Crippen LogP contribution in [0.25, 0.3) is 0 Å². The molecule has 3 rings (SSSR count). The molecule has 1 unspecified atom stereocenters. The Kier molecular flexibility index (Phi) is 5.11. The Hall–Kier alpha value is -1.99. The van der Waals surface area contributed by atoms with E-state index in [2.05, 4.69) is 10.1 Å². The predicted octanol–water partition coefficient (Wildman–Crippen LogP) is 3.38. The van der Waals surface area contributed by atoms with Crippen LogP contribution in [-0.2, 0) is 11.3 Å². The normalized spacial score (nSPS) is 18.0. The molecule has 0 radical (unpaired) electrons. The molecule has 1 aliphatic heterocycles. The van der Waals surface area contributed by atoms with Crippen LogP contribution in [0.15, 0.2) is 22.7 Å². The van der Waals surface area contributed by atoms with E-state index in [0.717, 1.165) is 19.3 Å². The molecule has 1 saturated heterocycles. The van der Waals surface area contributed by atoms with E-state index in [4.69, 9.17) is 20.9 Å². The molecule has 0 spiro atoms. The summed E-state index contributed by atoms with van der Waals surface area (Å²) in [5, 5.41) is 3.78. The average molecular weight is 354 g/mol. The van der Waals surface area contributed by atoms with Crippen LogP contribution in [-0.4, -0.2) is 34.6 Å². The number of ether oxygens (including phenoxy) is 1. The van der Waals surface area contributed by atoms with E-state index in [1.807, 2.05) is 0 Å². The fourth-order valence-corrected chi connectivity index (χ4v) is 3.00. The summed E-state index contributed by atoms with van der Waals surface area (Å²) in [5.74, 6) is 0.0521. The Bertz CT molecular complexity index is 737. The molecule has 1 aromatic heterocycles. The van der Waals surface area contributed by atoms with Crippen LogP contribution >= 0.6 is 11.6 Å². The summed E-state index contributed by atoms with van der Waals surface area (Å²) in [6.07, 6.45) is 2.58. The van der Waals surface area contributed by atoms with Crippen molar-refractivity contribution in [1.82, 2.24) is 15.0 Å². The lowest BCUT2D eigenvalue weighted by molar-refractivity contribution is 0.0561. The third-order valence-corrected chi connectivity index (χ3v) is 4.26. The summed E-state index contributed by atoms with van der Waals surface area (Å²) < 4.78 is 23.6. The van der Waals surface area contributed by atoms with Crippen molar-refractivity contribution in [3.8, 4) is 0 Å². The molecule has 2 heterocycles. The van der Waals surface area contributed by atoms with E-state index in [1.165, 1.54) is 18.2 Å². The third-order valence-electron chi connectivity index (χ3n) is 3.97. The summed E-state index contributed by atoms with van der Waals surface area (Å²) in [6, 6.07) is 3.67. The van der Waals surface area contributed by atoms with Gasteiger partial charge in [0.1, 0.15) is 18.5 Å². The first-order chi connectivity index (χ1) is 11.6. The summed E-state index contributed by atoms with van der Waals surface area (Å²) in [4.78, 5) is 18.8. The quantitative estimate of drug-likeness (QED) is 0.842. The first-order valence-corrected chi connectivity index (χ1v) is 8.05. The molecule has 1 atom stereocenters. The van der Waals surface area contributed by atoms with E-state index in [9.17, 15) is 9.18 Å². The summed E-state index contributed by atoms with van der Waals surface area (Å²) in [5.41, 5.74) is 0.338. The molecule has 24 heavy (non-hydrogen) atoms. The number of likely N-dealkylation sites (tertiary alicyclic amines) is 1. The summed E-state index contributed by atoms with van der Waals surface area (Å²) in [6.45, 7) is 0.818. The second-order valence-electron chi connectivity index (χ2n) is 5.62. The maximum Gasteiger partial charge on any atom is 0.254 e. The van der Waals surface area contributed by atoms with Crippen molar-refractivity contribution in [3.63, 3.8) is 0 Å². The lowest BCUT2D eigenvalue weighted by Gasteiger charge is -2.33. The molecule has 8 heteroatoms. The topological polar surface area (TPSA) is 68.5 Å². The van der Waals surface area contributed by atoms with Crippen LogP contribution in [0.3, 0.4) is 0 Å². The van der Waals surface area contributed by atoms with Gasteiger partial charge in [-0.1, -0.05) is 16.8 Å². The lowest BCUT2D eigenvalue weighted by atomic mass is 10.0. The zero-order chi connectivity index (χ0) is 17.1. The number of amides is 1. The zero-order valence-electron chi connectivity index (χ0n) is 13.2. The second-order valence-corrected chi connectivity index (χ2v) is 6.03. The summed E-state index contributed by atoms with van der Waals surface area (Å²) >= 11 is 5.79. The third kappa shape index (κ3) is 3.42. The van der Waals surface area contributed by atoms with Gasteiger partial charge in [0.25, 0.3) is 5.91 Å². The van der Waals surface area contributed by atoms with Gasteiger partial charge in [0.05, 0.1) is 5.02 Å². The van der Waals surface area contributed by atoms with Gasteiger partial charge in [-0.15, -0.1) is 0 Å². The van der Waals surface area contributed by atoms with Crippen LogP contribution < -0.4 is 0 Å². The molecule has 1 fully saturated rings. The molecule has 2 aromatic rings. The van der Waals surface area contributed by atoms with Crippen molar-refractivity contribution in [2.45, 2.75) is 31.9 Å². The monoisotopic (exact) mass is 353 g/mol. The van der Waals surface area contributed by atoms with E-state index >= 15 is 0 Å². The number of hydrogen-bond acceptors (Lipinski definition) is 5. The van der Waals surface area contributed by atoms with Crippen molar-refractivity contribution < 1.29 is 18.4 Å². The zero-order valence-corrected chi connectivity index (χ0v) is 13.9.